The van der Waals surface area contributed by atoms with Gasteiger partial charge in [-0.15, -0.1) is 0 Å². The molecule has 0 aliphatic heterocycles. The molecule has 0 aliphatic carbocycles. The quantitative estimate of drug-likeness (QED) is 0.452. The van der Waals surface area contributed by atoms with Crippen molar-refractivity contribution in [2.75, 3.05) is 17.6 Å². The zero-order chi connectivity index (χ0) is 22.2. The molecule has 1 aromatic heterocycles. The van der Waals surface area contributed by atoms with Gasteiger partial charge >= 0.3 is 5.97 Å². The van der Waals surface area contributed by atoms with Crippen LogP contribution in [0.3, 0.4) is 0 Å². The van der Waals surface area contributed by atoms with Crippen LogP contribution in [0.2, 0.25) is 5.02 Å². The van der Waals surface area contributed by atoms with Gasteiger partial charge in [0.25, 0.3) is 5.91 Å². The molecule has 9 nitrogen and oxygen atoms in total. The first-order valence-electron chi connectivity index (χ1n) is 9.11. The fourth-order valence-electron chi connectivity index (χ4n) is 2.42. The fourth-order valence-corrected chi connectivity index (χ4v) is 2.55. The molecule has 160 valence electrons. The highest BCUT2D eigenvalue weighted by Gasteiger charge is 2.10. The predicted octanol–water partition coefficient (Wildman–Crippen LogP) is 2.85. The molecule has 1 amide bonds. The second kappa shape index (κ2) is 10.3. The van der Waals surface area contributed by atoms with E-state index in [0.29, 0.717) is 16.3 Å². The van der Waals surface area contributed by atoms with E-state index in [1.807, 2.05) is 0 Å². The Bertz CT molecular complexity index is 1060. The third kappa shape index (κ3) is 6.89. The van der Waals surface area contributed by atoms with Crippen molar-refractivity contribution in [1.82, 2.24) is 20.3 Å². The van der Waals surface area contributed by atoms with E-state index >= 15 is 0 Å². The number of nitrogens with one attached hydrogen (secondary N) is 2. The van der Waals surface area contributed by atoms with Gasteiger partial charge in [-0.05, 0) is 48.5 Å². The second-order valence-corrected chi connectivity index (χ2v) is 6.68. The van der Waals surface area contributed by atoms with Gasteiger partial charge in [0.15, 0.2) is 12.4 Å². The van der Waals surface area contributed by atoms with Crippen molar-refractivity contribution in [1.29, 1.82) is 0 Å². The molecule has 0 spiro atoms. The SMILES string of the molecule is Nc1nc(COC(=O)CCNC(=O)c2ccc(Cl)cc2)nc(Nc2ccc(F)cc2)n1. The van der Waals surface area contributed by atoms with E-state index in [0.717, 1.165) is 0 Å². The Morgan fingerprint density at radius 2 is 1.74 bits per heavy atom. The molecule has 3 aromatic rings. The summed E-state index contributed by atoms with van der Waals surface area (Å²) < 4.78 is 18.1. The number of carbonyl (C=O) groups is 2. The zero-order valence-corrected chi connectivity index (χ0v) is 16.9. The van der Waals surface area contributed by atoms with Crippen LogP contribution in [0.5, 0.6) is 0 Å². The number of anilines is 3. The molecule has 11 heteroatoms. The Hall–Kier alpha value is -3.79. The van der Waals surface area contributed by atoms with E-state index in [1.54, 1.807) is 24.3 Å². The molecular formula is C20H18ClFN6O3. The van der Waals surface area contributed by atoms with Crippen LogP contribution in [0, 0.1) is 5.82 Å². The van der Waals surface area contributed by atoms with Gasteiger partial charge in [-0.25, -0.2) is 4.39 Å². The van der Waals surface area contributed by atoms with Gasteiger partial charge in [0.2, 0.25) is 11.9 Å². The summed E-state index contributed by atoms with van der Waals surface area (Å²) in [6.07, 6.45) is -0.0411. The first-order valence-corrected chi connectivity index (χ1v) is 9.49. The maximum Gasteiger partial charge on any atom is 0.308 e. The Morgan fingerprint density at radius 1 is 1.03 bits per heavy atom. The monoisotopic (exact) mass is 444 g/mol. The minimum Gasteiger partial charge on any atom is -0.457 e. The number of nitrogens with zero attached hydrogens (tertiary/aromatic N) is 3. The number of aromatic nitrogens is 3. The molecule has 1 heterocycles. The van der Waals surface area contributed by atoms with Crippen molar-refractivity contribution in [3.8, 4) is 0 Å². The van der Waals surface area contributed by atoms with E-state index in [1.165, 1.54) is 24.3 Å². The predicted molar refractivity (Wildman–Crippen MR) is 112 cm³/mol. The number of hydrogen-bond donors (Lipinski definition) is 3. The lowest BCUT2D eigenvalue weighted by Crippen LogP contribution is -2.26. The van der Waals surface area contributed by atoms with E-state index < -0.39 is 5.97 Å². The zero-order valence-electron chi connectivity index (χ0n) is 16.1. The first-order chi connectivity index (χ1) is 14.9. The summed E-state index contributed by atoms with van der Waals surface area (Å²) in [5, 5.41) is 6.00. The van der Waals surface area contributed by atoms with Gasteiger partial charge in [0.1, 0.15) is 5.82 Å². The van der Waals surface area contributed by atoms with Gasteiger partial charge in [-0.1, -0.05) is 11.6 Å². The number of nitrogen functional groups attached to an aromatic ring is 1. The highest BCUT2D eigenvalue weighted by Crippen LogP contribution is 2.14. The Balaban J connectivity index is 1.47. The molecule has 31 heavy (non-hydrogen) atoms. The van der Waals surface area contributed by atoms with Gasteiger partial charge in [0.05, 0.1) is 6.42 Å². The summed E-state index contributed by atoms with van der Waals surface area (Å²) in [5.41, 5.74) is 6.64. The minimum atomic E-state index is -0.552. The number of nitrogens with two attached hydrogens (primary N) is 1. The third-order valence-electron chi connectivity index (χ3n) is 3.88. The molecule has 0 atom stereocenters. The largest absolute Gasteiger partial charge is 0.457 e. The topological polar surface area (TPSA) is 132 Å². The van der Waals surface area contributed by atoms with Crippen LogP contribution in [-0.2, 0) is 16.1 Å². The molecule has 0 unspecified atom stereocenters. The highest BCUT2D eigenvalue weighted by molar-refractivity contribution is 6.30. The van der Waals surface area contributed by atoms with Crippen LogP contribution >= 0.6 is 11.6 Å². The number of hydrogen-bond acceptors (Lipinski definition) is 8. The maximum absolute atomic E-state index is 13.0. The Morgan fingerprint density at radius 3 is 2.45 bits per heavy atom. The van der Waals surface area contributed by atoms with Gasteiger partial charge in [-0.3, -0.25) is 9.59 Å². The van der Waals surface area contributed by atoms with Crippen molar-refractivity contribution in [2.45, 2.75) is 13.0 Å². The number of esters is 1. The molecule has 0 bridgehead atoms. The van der Waals surface area contributed by atoms with Crippen LogP contribution in [0.4, 0.5) is 22.0 Å². The number of halogens is 2. The van der Waals surface area contributed by atoms with Crippen molar-refractivity contribution in [3.05, 3.63) is 70.8 Å². The van der Waals surface area contributed by atoms with E-state index in [9.17, 15) is 14.0 Å². The average Bonchev–Trinajstić information content (AvgIpc) is 2.74. The van der Waals surface area contributed by atoms with Crippen molar-refractivity contribution >= 4 is 41.1 Å². The fraction of sp³-hybridized carbons (Fsp3) is 0.150. The lowest BCUT2D eigenvalue weighted by molar-refractivity contribution is -0.145. The Kier molecular flexibility index (Phi) is 7.28. The highest BCUT2D eigenvalue weighted by atomic mass is 35.5. The normalized spacial score (nSPS) is 10.4. The van der Waals surface area contributed by atoms with Gasteiger partial charge in [0, 0.05) is 22.8 Å². The minimum absolute atomic E-state index is 0.0411. The van der Waals surface area contributed by atoms with Crippen LogP contribution in [0.1, 0.15) is 22.6 Å². The van der Waals surface area contributed by atoms with Crippen LogP contribution < -0.4 is 16.4 Å². The van der Waals surface area contributed by atoms with Crippen LogP contribution in [0.15, 0.2) is 48.5 Å². The van der Waals surface area contributed by atoms with E-state index in [-0.39, 0.29) is 49.0 Å². The average molecular weight is 445 g/mol. The number of amides is 1. The number of carbonyl (C=O) groups excluding carboxylic acids is 2. The van der Waals surface area contributed by atoms with Crippen molar-refractivity contribution in [2.24, 2.45) is 0 Å². The molecule has 2 aromatic carbocycles. The standard InChI is InChI=1S/C20H18ClFN6O3/c21-13-3-1-12(2-4-13)18(30)24-10-9-17(29)31-11-16-26-19(23)28-20(27-16)25-15-7-5-14(22)6-8-15/h1-8H,9-11H2,(H,24,30)(H3,23,25,26,27,28). The lowest BCUT2D eigenvalue weighted by atomic mass is 10.2. The molecular weight excluding hydrogens is 427 g/mol. The Labute approximate surface area is 181 Å². The summed E-state index contributed by atoms with van der Waals surface area (Å²) in [5.74, 6) is -1.07. The number of ether oxygens (including phenoxy) is 1. The second-order valence-electron chi connectivity index (χ2n) is 6.24. The maximum atomic E-state index is 13.0. The molecule has 4 N–H and O–H groups in total. The number of rotatable bonds is 8. The lowest BCUT2D eigenvalue weighted by Gasteiger charge is -2.08. The third-order valence-corrected chi connectivity index (χ3v) is 4.13. The molecule has 3 rings (SSSR count). The van der Waals surface area contributed by atoms with Crippen LogP contribution in [0.25, 0.3) is 0 Å². The summed E-state index contributed by atoms with van der Waals surface area (Å²) in [6.45, 7) is -0.133. The van der Waals surface area contributed by atoms with Crippen LogP contribution in [-0.4, -0.2) is 33.4 Å². The molecule has 0 fully saturated rings. The van der Waals surface area contributed by atoms with Gasteiger partial charge < -0.3 is 21.1 Å². The van der Waals surface area contributed by atoms with E-state index in [2.05, 4.69) is 25.6 Å². The molecule has 0 saturated carbocycles. The molecule has 0 radical (unpaired) electrons. The summed E-state index contributed by atoms with van der Waals surface area (Å²) in [4.78, 5) is 35.9. The summed E-state index contributed by atoms with van der Waals surface area (Å²) >= 11 is 5.78. The first kappa shape index (κ1) is 21.9. The summed E-state index contributed by atoms with van der Waals surface area (Å²) in [6, 6.07) is 11.9. The van der Waals surface area contributed by atoms with Gasteiger partial charge in [-0.2, -0.15) is 15.0 Å². The van der Waals surface area contributed by atoms with Crippen molar-refractivity contribution in [3.63, 3.8) is 0 Å². The number of benzene rings is 2. The van der Waals surface area contributed by atoms with Crippen molar-refractivity contribution < 1.29 is 18.7 Å². The smallest absolute Gasteiger partial charge is 0.308 e. The molecule has 0 aliphatic rings. The summed E-state index contributed by atoms with van der Waals surface area (Å²) in [7, 11) is 0. The molecule has 0 saturated heterocycles. The van der Waals surface area contributed by atoms with E-state index in [4.69, 9.17) is 22.1 Å².